The highest BCUT2D eigenvalue weighted by Crippen LogP contribution is 2.13. The van der Waals surface area contributed by atoms with E-state index in [9.17, 15) is 13.2 Å². The fourth-order valence-corrected chi connectivity index (χ4v) is 3.21. The summed E-state index contributed by atoms with van der Waals surface area (Å²) in [6.07, 6.45) is 0.782. The van der Waals surface area contributed by atoms with Gasteiger partial charge in [-0.15, -0.1) is 0 Å². The van der Waals surface area contributed by atoms with Gasteiger partial charge >= 0.3 is 0 Å². The lowest BCUT2D eigenvalue weighted by atomic mass is 10.1. The number of nitrogens with one attached hydrogen (secondary N) is 1. The van der Waals surface area contributed by atoms with E-state index in [-0.39, 0.29) is 16.7 Å². The summed E-state index contributed by atoms with van der Waals surface area (Å²) in [6, 6.07) is 5.87. The van der Waals surface area contributed by atoms with Crippen LogP contribution in [0.15, 0.2) is 29.2 Å². The van der Waals surface area contributed by atoms with Crippen molar-refractivity contribution in [3.63, 3.8) is 0 Å². The van der Waals surface area contributed by atoms with Crippen LogP contribution in [0.2, 0.25) is 0 Å². The molecule has 0 aromatic heterocycles. The number of hydrogen-bond donors (Lipinski definition) is 1. The number of benzene rings is 1. The van der Waals surface area contributed by atoms with E-state index in [1.165, 1.54) is 31.2 Å². The molecule has 0 fully saturated rings. The molecule has 0 saturated heterocycles. The van der Waals surface area contributed by atoms with Gasteiger partial charge in [-0.3, -0.25) is 4.79 Å². The fourth-order valence-electron chi connectivity index (χ4n) is 1.96. The second kappa shape index (κ2) is 6.30. The Hall–Kier alpha value is -1.20. The van der Waals surface area contributed by atoms with Crippen LogP contribution in [0.4, 0.5) is 0 Å². The molecule has 0 amide bonds. The average Bonchev–Trinajstić information content (AvgIpc) is 2.27. The topological polar surface area (TPSA) is 63.2 Å². The van der Waals surface area contributed by atoms with E-state index < -0.39 is 10.0 Å². The Bertz CT molecular complexity index is 532. The summed E-state index contributed by atoms with van der Waals surface area (Å²) < 4.78 is 26.9. The molecule has 4 nitrogen and oxygen atoms in total. The van der Waals surface area contributed by atoms with Crippen molar-refractivity contribution >= 4 is 15.8 Å². The van der Waals surface area contributed by atoms with Gasteiger partial charge in [0, 0.05) is 11.6 Å². The molecule has 1 unspecified atom stereocenters. The molecule has 1 N–H and O–H groups in total. The maximum absolute atomic E-state index is 12.1. The Morgan fingerprint density at radius 1 is 1.16 bits per heavy atom. The number of sulfonamides is 1. The number of Topliss-reactive ketones (excluding diaryl/α,β-unsaturated/α-hetero) is 1. The predicted octanol–water partition coefficient (Wildman–Crippen LogP) is 2.60. The van der Waals surface area contributed by atoms with Crippen LogP contribution in [-0.2, 0) is 10.0 Å². The van der Waals surface area contributed by atoms with Gasteiger partial charge in [0.05, 0.1) is 4.90 Å². The molecule has 1 rings (SSSR count). The zero-order chi connectivity index (χ0) is 14.6. The molecule has 1 aromatic rings. The van der Waals surface area contributed by atoms with Crippen LogP contribution in [0.1, 0.15) is 44.5 Å². The highest BCUT2D eigenvalue weighted by atomic mass is 32.2. The quantitative estimate of drug-likeness (QED) is 0.816. The van der Waals surface area contributed by atoms with Crippen molar-refractivity contribution in [3.8, 4) is 0 Å². The summed E-state index contributed by atoms with van der Waals surface area (Å²) in [5, 5.41) is 0. The standard InChI is InChI=1S/C14H21NO3S/c1-10(2)9-11(3)15-19(17,18)14-7-5-13(6-8-14)12(4)16/h5-8,10-11,15H,9H2,1-4H3. The number of hydrogen-bond acceptors (Lipinski definition) is 3. The Morgan fingerprint density at radius 2 is 1.68 bits per heavy atom. The van der Waals surface area contributed by atoms with Gasteiger partial charge < -0.3 is 0 Å². The fraction of sp³-hybridized carbons (Fsp3) is 0.500. The minimum absolute atomic E-state index is 0.0786. The number of carbonyl (C=O) groups is 1. The van der Waals surface area contributed by atoms with Crippen molar-refractivity contribution in [2.75, 3.05) is 0 Å². The van der Waals surface area contributed by atoms with Crippen LogP contribution in [0.25, 0.3) is 0 Å². The van der Waals surface area contributed by atoms with E-state index in [0.717, 1.165) is 6.42 Å². The molecular weight excluding hydrogens is 262 g/mol. The van der Waals surface area contributed by atoms with Crippen molar-refractivity contribution < 1.29 is 13.2 Å². The third kappa shape index (κ3) is 4.76. The third-order valence-corrected chi connectivity index (χ3v) is 4.36. The van der Waals surface area contributed by atoms with E-state index in [1.807, 2.05) is 20.8 Å². The molecule has 0 aliphatic rings. The van der Waals surface area contributed by atoms with Gasteiger partial charge in [-0.05, 0) is 38.3 Å². The van der Waals surface area contributed by atoms with Crippen molar-refractivity contribution in [2.24, 2.45) is 5.92 Å². The van der Waals surface area contributed by atoms with E-state index in [1.54, 1.807) is 0 Å². The zero-order valence-electron chi connectivity index (χ0n) is 11.8. The molecular formula is C14H21NO3S. The first-order valence-corrected chi connectivity index (χ1v) is 7.84. The van der Waals surface area contributed by atoms with Crippen molar-refractivity contribution in [1.29, 1.82) is 0 Å². The minimum Gasteiger partial charge on any atom is -0.295 e. The van der Waals surface area contributed by atoms with Crippen LogP contribution in [0, 0.1) is 5.92 Å². The Morgan fingerprint density at radius 3 is 2.11 bits per heavy atom. The van der Waals surface area contributed by atoms with Crippen LogP contribution in [-0.4, -0.2) is 20.2 Å². The van der Waals surface area contributed by atoms with E-state index in [0.29, 0.717) is 11.5 Å². The van der Waals surface area contributed by atoms with Gasteiger partial charge in [-0.2, -0.15) is 0 Å². The summed E-state index contributed by atoms with van der Waals surface area (Å²) in [5.41, 5.74) is 0.508. The van der Waals surface area contributed by atoms with E-state index in [4.69, 9.17) is 0 Å². The molecule has 0 aliphatic carbocycles. The number of rotatable bonds is 6. The largest absolute Gasteiger partial charge is 0.295 e. The molecule has 0 bridgehead atoms. The van der Waals surface area contributed by atoms with Gasteiger partial charge in [-0.1, -0.05) is 26.0 Å². The first kappa shape index (κ1) is 15.9. The maximum atomic E-state index is 12.1. The second-order valence-corrected chi connectivity index (χ2v) is 6.95. The monoisotopic (exact) mass is 283 g/mol. The second-order valence-electron chi connectivity index (χ2n) is 5.23. The minimum atomic E-state index is -3.51. The first-order valence-electron chi connectivity index (χ1n) is 6.35. The Labute approximate surface area is 115 Å². The molecule has 0 spiro atoms. The first-order chi connectivity index (χ1) is 8.72. The summed E-state index contributed by atoms with van der Waals surface area (Å²) in [7, 11) is -3.51. The normalized spacial score (nSPS) is 13.5. The van der Waals surface area contributed by atoms with Crippen LogP contribution in [0.5, 0.6) is 0 Å². The van der Waals surface area contributed by atoms with Gasteiger partial charge in [-0.25, -0.2) is 13.1 Å². The predicted molar refractivity (Wildman–Crippen MR) is 75.7 cm³/mol. The van der Waals surface area contributed by atoms with Gasteiger partial charge in [0.2, 0.25) is 10.0 Å². The summed E-state index contributed by atoms with van der Waals surface area (Å²) in [4.78, 5) is 11.3. The maximum Gasteiger partial charge on any atom is 0.240 e. The summed E-state index contributed by atoms with van der Waals surface area (Å²) in [6.45, 7) is 7.40. The smallest absolute Gasteiger partial charge is 0.240 e. The molecule has 0 heterocycles. The van der Waals surface area contributed by atoms with Crippen LogP contribution < -0.4 is 4.72 Å². The van der Waals surface area contributed by atoms with E-state index in [2.05, 4.69) is 4.72 Å². The molecule has 0 radical (unpaired) electrons. The lowest BCUT2D eigenvalue weighted by molar-refractivity contribution is 0.101. The molecule has 1 aromatic carbocycles. The zero-order valence-corrected chi connectivity index (χ0v) is 12.6. The van der Waals surface area contributed by atoms with Crippen LogP contribution >= 0.6 is 0 Å². The molecule has 1 atom stereocenters. The number of carbonyl (C=O) groups excluding carboxylic acids is 1. The van der Waals surface area contributed by atoms with Crippen molar-refractivity contribution in [3.05, 3.63) is 29.8 Å². The molecule has 5 heteroatoms. The summed E-state index contributed by atoms with van der Waals surface area (Å²) >= 11 is 0. The third-order valence-electron chi connectivity index (χ3n) is 2.75. The number of ketones is 1. The van der Waals surface area contributed by atoms with Gasteiger partial charge in [0.25, 0.3) is 0 Å². The lowest BCUT2D eigenvalue weighted by Crippen LogP contribution is -2.33. The molecule has 0 aliphatic heterocycles. The van der Waals surface area contributed by atoms with Gasteiger partial charge in [0.1, 0.15) is 0 Å². The lowest BCUT2D eigenvalue weighted by Gasteiger charge is -2.16. The Balaban J connectivity index is 2.85. The SMILES string of the molecule is CC(=O)c1ccc(S(=O)(=O)NC(C)CC(C)C)cc1. The molecule has 19 heavy (non-hydrogen) atoms. The van der Waals surface area contributed by atoms with E-state index >= 15 is 0 Å². The molecule has 106 valence electrons. The highest BCUT2D eigenvalue weighted by molar-refractivity contribution is 7.89. The van der Waals surface area contributed by atoms with Crippen molar-refractivity contribution in [1.82, 2.24) is 4.72 Å². The molecule has 0 saturated carbocycles. The summed E-state index contributed by atoms with van der Waals surface area (Å²) in [5.74, 6) is 0.350. The van der Waals surface area contributed by atoms with Gasteiger partial charge in [0.15, 0.2) is 5.78 Å². The average molecular weight is 283 g/mol. The Kier molecular flexibility index (Phi) is 5.26. The highest BCUT2D eigenvalue weighted by Gasteiger charge is 2.18. The van der Waals surface area contributed by atoms with Crippen LogP contribution in [0.3, 0.4) is 0 Å². The van der Waals surface area contributed by atoms with Crippen molar-refractivity contribution in [2.45, 2.75) is 45.1 Å².